The summed E-state index contributed by atoms with van der Waals surface area (Å²) in [7, 11) is 0. The Morgan fingerprint density at radius 1 is 0.274 bits per heavy atom. The molecule has 0 radical (unpaired) electrons. The third-order valence-electron chi connectivity index (χ3n) is 18.6. The summed E-state index contributed by atoms with van der Waals surface area (Å²) in [6.45, 7) is 28.3. The Bertz CT molecular complexity index is 4600. The van der Waals surface area contributed by atoms with Gasteiger partial charge >= 0.3 is 0 Å². The smallest absolute Gasteiger partial charge is 0.252 e. The molecule has 0 fully saturated rings. The van der Waals surface area contributed by atoms with Crippen LogP contribution in [-0.2, 0) is 21.7 Å². The molecule has 410 valence electrons. The lowest BCUT2D eigenvalue weighted by Crippen LogP contribution is -2.61. The molecule has 0 amide bonds. The molecule has 0 bridgehead atoms. The zero-order valence-electron chi connectivity index (χ0n) is 50.7. The fraction of sp³-hybridized carbons (Fsp3) is 0.200. The minimum atomic E-state index is -0.128. The molecule has 4 heteroatoms. The maximum atomic E-state index is 2.68. The Kier molecular flexibility index (Phi) is 11.3. The van der Waals surface area contributed by atoms with Crippen LogP contribution in [0.1, 0.15) is 105 Å². The number of hydrogen-bond donors (Lipinski definition) is 0. The summed E-state index contributed by atoms with van der Waals surface area (Å²) < 4.78 is 2.46. The van der Waals surface area contributed by atoms with Gasteiger partial charge in [-0.3, -0.25) is 0 Å². The average molecular weight is 1090 g/mol. The summed E-state index contributed by atoms with van der Waals surface area (Å²) in [5.41, 5.74) is 21.8. The molecule has 2 aliphatic rings. The fourth-order valence-corrected chi connectivity index (χ4v) is 13.9. The molecule has 0 N–H and O–H groups in total. The molecule has 3 heterocycles. The summed E-state index contributed by atoms with van der Waals surface area (Å²) in [5, 5.41) is 12.5. The highest BCUT2D eigenvalue weighted by atomic mass is 15.2. The second-order valence-electron chi connectivity index (χ2n) is 28.3. The van der Waals surface area contributed by atoms with Gasteiger partial charge in [0, 0.05) is 50.6 Å². The highest BCUT2D eigenvalue weighted by Crippen LogP contribution is 2.51. The number of anilines is 6. The van der Waals surface area contributed by atoms with Crippen LogP contribution in [0.25, 0.3) is 81.7 Å². The van der Waals surface area contributed by atoms with E-state index >= 15 is 0 Å². The molecule has 84 heavy (non-hydrogen) atoms. The van der Waals surface area contributed by atoms with Crippen molar-refractivity contribution < 1.29 is 0 Å². The molecule has 0 aliphatic carbocycles. The lowest BCUT2D eigenvalue weighted by Gasteiger charge is -2.45. The SMILES string of the molecule is CC(C)(C)c1cc(N2c3cc4ccc5ccccc5c4cc3B3c4cc5c(ccc6ccccc65)cc4N(c4cc(C(C)(C)C)cc(C(C)(C)C)c4)c4cc(-c5ccc6c7ccccc7n(-c7ccccc7)c6c5)cc2c43)cc(C(C)(C)C)c1. The van der Waals surface area contributed by atoms with E-state index in [1.54, 1.807) is 0 Å². The van der Waals surface area contributed by atoms with Gasteiger partial charge in [-0.2, -0.15) is 0 Å². The number of benzene rings is 12. The predicted octanol–water partition coefficient (Wildman–Crippen LogP) is 20.3. The van der Waals surface area contributed by atoms with Gasteiger partial charge in [-0.15, -0.1) is 0 Å². The minimum Gasteiger partial charge on any atom is -0.311 e. The van der Waals surface area contributed by atoms with Crippen LogP contribution >= 0.6 is 0 Å². The van der Waals surface area contributed by atoms with Crippen molar-refractivity contribution in [2.75, 3.05) is 9.80 Å². The first kappa shape index (κ1) is 52.0. The van der Waals surface area contributed by atoms with E-state index in [9.17, 15) is 0 Å². The Labute approximate surface area is 495 Å². The van der Waals surface area contributed by atoms with E-state index in [1.165, 1.54) is 149 Å². The zero-order valence-corrected chi connectivity index (χ0v) is 50.7. The molecule has 1 aromatic heterocycles. The average Bonchev–Trinajstić information content (AvgIpc) is 0.885. The van der Waals surface area contributed by atoms with Crippen LogP contribution in [0.5, 0.6) is 0 Å². The molecule has 0 spiro atoms. The van der Waals surface area contributed by atoms with Crippen LogP contribution in [0.15, 0.2) is 218 Å². The van der Waals surface area contributed by atoms with E-state index in [4.69, 9.17) is 0 Å². The highest BCUT2D eigenvalue weighted by molar-refractivity contribution is 7.00. The Morgan fingerprint density at radius 3 is 1.17 bits per heavy atom. The molecule has 2 aliphatic heterocycles. The number of fused-ring (bicyclic) bond motifs is 13. The molecular weight excluding hydrogens is 1010 g/mol. The number of nitrogens with zero attached hydrogens (tertiary/aromatic N) is 3. The van der Waals surface area contributed by atoms with Gasteiger partial charge in [0.2, 0.25) is 0 Å². The van der Waals surface area contributed by atoms with Gasteiger partial charge in [0.15, 0.2) is 0 Å². The van der Waals surface area contributed by atoms with Crippen molar-refractivity contribution in [1.29, 1.82) is 0 Å². The molecule has 0 saturated heterocycles. The number of aromatic nitrogens is 1. The van der Waals surface area contributed by atoms with E-state index in [2.05, 4.69) is 316 Å². The maximum Gasteiger partial charge on any atom is 0.252 e. The second kappa shape index (κ2) is 18.3. The number of hydrogen-bond acceptors (Lipinski definition) is 2. The van der Waals surface area contributed by atoms with Gasteiger partial charge < -0.3 is 14.4 Å². The number of para-hydroxylation sites is 2. The predicted molar refractivity (Wildman–Crippen MR) is 365 cm³/mol. The molecule has 15 rings (SSSR count). The van der Waals surface area contributed by atoms with E-state index in [1.807, 2.05) is 0 Å². The third kappa shape index (κ3) is 8.22. The van der Waals surface area contributed by atoms with E-state index in [0.717, 1.165) is 5.69 Å². The monoisotopic (exact) mass is 1090 g/mol. The van der Waals surface area contributed by atoms with Gasteiger partial charge in [0.25, 0.3) is 6.71 Å². The Balaban J connectivity index is 1.13. The lowest BCUT2D eigenvalue weighted by atomic mass is 9.33. The summed E-state index contributed by atoms with van der Waals surface area (Å²) >= 11 is 0. The van der Waals surface area contributed by atoms with Crippen molar-refractivity contribution in [2.24, 2.45) is 0 Å². The lowest BCUT2D eigenvalue weighted by molar-refractivity contribution is 0.568. The molecule has 12 aromatic carbocycles. The molecule has 0 unspecified atom stereocenters. The standard InChI is InChI=1S/C80H72BN3/c1-77(2,3)55-41-56(78(4,5)6)44-60(43-55)83-72-37-52-32-30-49-22-16-18-26-62(49)66(52)47-68(72)81-69-48-67-53(33-31-50-23-17-19-27-63(50)67)38-73(69)84(61-45-57(79(7,8)9)42-58(46-61)80(10,11)12)75-40-54(39-74(83)76(75)81)51-34-35-65-64-28-20-21-29-70(64)82(71(65)36-51)59-24-14-13-15-25-59/h13-48H,1-12H3. The van der Waals surface area contributed by atoms with Crippen LogP contribution in [-0.4, -0.2) is 11.3 Å². The van der Waals surface area contributed by atoms with Crippen LogP contribution in [0, 0.1) is 0 Å². The topological polar surface area (TPSA) is 11.4 Å². The quantitative estimate of drug-likeness (QED) is 0.129. The van der Waals surface area contributed by atoms with E-state index in [-0.39, 0.29) is 28.4 Å². The highest BCUT2D eigenvalue weighted by Gasteiger charge is 2.45. The van der Waals surface area contributed by atoms with E-state index < -0.39 is 0 Å². The van der Waals surface area contributed by atoms with Crippen LogP contribution in [0.3, 0.4) is 0 Å². The maximum absolute atomic E-state index is 2.68. The Morgan fingerprint density at radius 2 is 0.690 bits per heavy atom. The summed E-state index contributed by atoms with van der Waals surface area (Å²) in [4.78, 5) is 5.36. The molecule has 0 atom stereocenters. The molecular formula is C80H72BN3. The van der Waals surface area contributed by atoms with Crippen molar-refractivity contribution in [3.8, 4) is 16.8 Å². The van der Waals surface area contributed by atoms with Crippen molar-refractivity contribution in [2.45, 2.75) is 105 Å². The molecule has 13 aromatic rings. The summed E-state index contributed by atoms with van der Waals surface area (Å²) in [6, 6.07) is 84.5. The van der Waals surface area contributed by atoms with Gasteiger partial charge in [0.05, 0.1) is 11.0 Å². The fourth-order valence-electron chi connectivity index (χ4n) is 13.9. The zero-order chi connectivity index (χ0) is 57.9. The first-order valence-corrected chi connectivity index (χ1v) is 30.3. The summed E-state index contributed by atoms with van der Waals surface area (Å²) in [5.74, 6) is 0. The van der Waals surface area contributed by atoms with Gasteiger partial charge in [0.1, 0.15) is 0 Å². The van der Waals surface area contributed by atoms with Crippen molar-refractivity contribution in [3.63, 3.8) is 0 Å². The van der Waals surface area contributed by atoms with Gasteiger partial charge in [-0.1, -0.05) is 229 Å². The Hall–Kier alpha value is -8.86. The minimum absolute atomic E-state index is 0.115. The largest absolute Gasteiger partial charge is 0.311 e. The summed E-state index contributed by atoms with van der Waals surface area (Å²) in [6.07, 6.45) is 0. The van der Waals surface area contributed by atoms with Crippen LogP contribution < -0.4 is 26.2 Å². The van der Waals surface area contributed by atoms with Crippen molar-refractivity contribution in [1.82, 2.24) is 4.57 Å². The van der Waals surface area contributed by atoms with Crippen molar-refractivity contribution >= 4 is 122 Å². The number of rotatable bonds is 4. The second-order valence-corrected chi connectivity index (χ2v) is 28.3. The van der Waals surface area contributed by atoms with Crippen molar-refractivity contribution in [3.05, 3.63) is 241 Å². The van der Waals surface area contributed by atoms with Crippen LogP contribution in [0.4, 0.5) is 34.1 Å². The first-order chi connectivity index (χ1) is 40.2. The third-order valence-corrected chi connectivity index (χ3v) is 18.6. The van der Waals surface area contributed by atoms with Gasteiger partial charge in [-0.25, -0.2) is 0 Å². The van der Waals surface area contributed by atoms with E-state index in [0.29, 0.717) is 0 Å². The molecule has 3 nitrogen and oxygen atoms in total. The normalized spacial score (nSPS) is 13.6. The first-order valence-electron chi connectivity index (χ1n) is 30.3. The van der Waals surface area contributed by atoms with Gasteiger partial charge in [-0.05, 0) is 187 Å². The van der Waals surface area contributed by atoms with Crippen LogP contribution in [0.2, 0.25) is 0 Å². The molecule has 0 saturated carbocycles.